The second-order valence-electron chi connectivity index (χ2n) is 9.26. The molecule has 1 aliphatic rings. The molecule has 1 aromatic rings. The van der Waals surface area contributed by atoms with Crippen molar-refractivity contribution in [1.29, 1.82) is 0 Å². The lowest BCUT2D eigenvalue weighted by atomic mass is 10.4. The largest absolute Gasteiger partial charge is 0.741 e. The molecule has 1 aromatic carbocycles. The lowest BCUT2D eigenvalue weighted by molar-refractivity contribution is -0.711. The van der Waals surface area contributed by atoms with Gasteiger partial charge in [0.2, 0.25) is 5.16 Å². The topological polar surface area (TPSA) is 83.5 Å². The number of halogens is 3. The van der Waals surface area contributed by atoms with E-state index in [-0.39, 0.29) is 11.1 Å². The van der Waals surface area contributed by atoms with E-state index in [1.54, 1.807) is 7.11 Å². The van der Waals surface area contributed by atoms with Gasteiger partial charge in [-0.25, -0.2) is 13.2 Å². The van der Waals surface area contributed by atoms with E-state index >= 15 is 0 Å². The molecule has 2 unspecified atom stereocenters. The highest BCUT2D eigenvalue weighted by Gasteiger charge is 2.84. The van der Waals surface area contributed by atoms with Crippen LogP contribution in [0.25, 0.3) is 0 Å². The highest BCUT2D eigenvalue weighted by Crippen LogP contribution is 2.54. The van der Waals surface area contributed by atoms with Gasteiger partial charge in [-0.05, 0) is 26.1 Å². The van der Waals surface area contributed by atoms with Gasteiger partial charge in [-0.3, -0.25) is 0 Å². The number of methoxy groups -OCH3 is 1. The fraction of sp³-hybridized carbons (Fsp3) is 0.632. The maximum Gasteiger partial charge on any atom is 0.485 e. The van der Waals surface area contributed by atoms with Gasteiger partial charge in [0, 0.05) is 0 Å². The number of benzene rings is 1. The Labute approximate surface area is 184 Å². The van der Waals surface area contributed by atoms with Gasteiger partial charge in [0.05, 0.1) is 13.7 Å². The standard InChI is InChI=1S/C18H32NO2Si2.CHF3O3S/c1-8-14-19(22(3,4)5)15-18(19,17(20)21-2)23(6,7)16-12-10-9-11-13-16;2-1(3,4)8(5,6)7/h9-13H,8,14-15H2,1-7H3;(H,5,6,7)/q+1;/p-1. The van der Waals surface area contributed by atoms with Gasteiger partial charge in [0.1, 0.15) is 6.54 Å². The van der Waals surface area contributed by atoms with E-state index in [1.807, 2.05) is 0 Å². The first-order valence-electron chi connectivity index (χ1n) is 9.89. The van der Waals surface area contributed by atoms with Crippen LogP contribution in [-0.4, -0.2) is 70.3 Å². The van der Waals surface area contributed by atoms with E-state index in [0.29, 0.717) is 0 Å². The fourth-order valence-electron chi connectivity index (χ4n) is 4.64. The molecule has 0 radical (unpaired) electrons. The van der Waals surface area contributed by atoms with Crippen molar-refractivity contribution < 1.29 is 39.8 Å². The molecule has 1 heterocycles. The molecule has 0 N–H and O–H groups in total. The smallest absolute Gasteiger partial charge is 0.485 e. The Morgan fingerprint density at radius 3 is 1.94 bits per heavy atom. The van der Waals surface area contributed by atoms with Crippen molar-refractivity contribution in [3.63, 3.8) is 0 Å². The van der Waals surface area contributed by atoms with Gasteiger partial charge in [-0.2, -0.15) is 13.2 Å². The van der Waals surface area contributed by atoms with E-state index in [4.69, 9.17) is 17.7 Å². The number of hydrogen-bond donors (Lipinski definition) is 0. The van der Waals surface area contributed by atoms with Gasteiger partial charge in [0.25, 0.3) is 8.24 Å². The summed E-state index contributed by atoms with van der Waals surface area (Å²) in [6, 6.07) is 10.7. The third-order valence-electron chi connectivity index (χ3n) is 6.35. The molecule has 1 aliphatic heterocycles. The van der Waals surface area contributed by atoms with Crippen LogP contribution in [-0.2, 0) is 19.6 Å². The molecule has 0 bridgehead atoms. The van der Waals surface area contributed by atoms with Gasteiger partial charge >= 0.3 is 11.5 Å². The van der Waals surface area contributed by atoms with Gasteiger partial charge < -0.3 is 13.4 Å². The average molecular weight is 500 g/mol. The molecule has 2 rings (SSSR count). The minimum Gasteiger partial charge on any atom is -0.741 e. The summed E-state index contributed by atoms with van der Waals surface area (Å²) in [5.74, 6) is 0.0221. The quantitative estimate of drug-likeness (QED) is 0.197. The summed E-state index contributed by atoms with van der Waals surface area (Å²) >= 11 is 0. The van der Waals surface area contributed by atoms with E-state index in [1.165, 1.54) is 5.19 Å². The van der Waals surface area contributed by atoms with Crippen LogP contribution in [0.1, 0.15) is 13.3 Å². The number of carbonyl (C=O) groups is 1. The first-order valence-corrected chi connectivity index (χ1v) is 17.7. The number of hydrogen-bond acceptors (Lipinski definition) is 5. The van der Waals surface area contributed by atoms with Crippen LogP contribution >= 0.6 is 0 Å². The summed E-state index contributed by atoms with van der Waals surface area (Å²) in [6.07, 6.45) is 1.11. The second kappa shape index (κ2) is 8.97. The molecule has 0 aromatic heterocycles. The summed E-state index contributed by atoms with van der Waals surface area (Å²) in [4.78, 5) is 13.1. The van der Waals surface area contributed by atoms with Crippen molar-refractivity contribution in [2.24, 2.45) is 0 Å². The predicted molar refractivity (Wildman–Crippen MR) is 118 cm³/mol. The van der Waals surface area contributed by atoms with Crippen molar-refractivity contribution in [2.45, 2.75) is 56.8 Å². The summed E-state index contributed by atoms with van der Waals surface area (Å²) in [5.41, 5.74) is -5.65. The van der Waals surface area contributed by atoms with E-state index in [9.17, 15) is 18.0 Å². The lowest BCUT2D eigenvalue weighted by Crippen LogP contribution is -2.69. The SMILES string of the molecule is CCC[N+]1([Si](C)(C)C)CC1(C(=O)OC)[Si](C)(C)c1ccccc1.O=S(=O)([O-])C(F)(F)F. The van der Waals surface area contributed by atoms with Gasteiger partial charge in [-0.15, -0.1) is 0 Å². The van der Waals surface area contributed by atoms with Crippen LogP contribution in [0, 0.1) is 0 Å². The molecule has 178 valence electrons. The van der Waals surface area contributed by atoms with Crippen molar-refractivity contribution in [3.05, 3.63) is 30.3 Å². The van der Waals surface area contributed by atoms with Crippen molar-refractivity contribution in [3.8, 4) is 0 Å². The molecule has 6 nitrogen and oxygen atoms in total. The number of nitrogens with zero attached hydrogens (tertiary/aromatic N) is 1. The molecular weight excluding hydrogens is 467 g/mol. The van der Waals surface area contributed by atoms with Gasteiger partial charge in [0.15, 0.2) is 18.2 Å². The van der Waals surface area contributed by atoms with Crippen LogP contribution in [0.15, 0.2) is 30.3 Å². The Balaban J connectivity index is 0.000000512. The predicted octanol–water partition coefficient (Wildman–Crippen LogP) is 3.18. The molecule has 0 aliphatic carbocycles. The number of alkyl halides is 3. The Hall–Kier alpha value is -1.22. The molecule has 0 saturated carbocycles. The normalized spacial score (nSPS) is 24.1. The van der Waals surface area contributed by atoms with Crippen molar-refractivity contribution in [2.75, 3.05) is 20.2 Å². The second-order valence-corrected chi connectivity index (χ2v) is 20.5. The molecule has 2 atom stereocenters. The third-order valence-corrected chi connectivity index (χ3v) is 15.1. The summed E-state index contributed by atoms with van der Waals surface area (Å²) in [6.45, 7) is 16.2. The van der Waals surface area contributed by atoms with E-state index in [0.717, 1.165) is 23.7 Å². The summed E-state index contributed by atoms with van der Waals surface area (Å²) in [5, 5.41) is 1.04. The fourth-order valence-corrected chi connectivity index (χ4v) is 13.4. The first-order chi connectivity index (χ1) is 13.9. The molecule has 1 saturated heterocycles. The van der Waals surface area contributed by atoms with Crippen LogP contribution in [0.5, 0.6) is 0 Å². The zero-order valence-electron chi connectivity index (χ0n) is 19.0. The summed E-state index contributed by atoms with van der Waals surface area (Å²) < 4.78 is 65.3. The number of ether oxygens (including phenoxy) is 1. The molecule has 12 heteroatoms. The maximum absolute atomic E-state index is 13.1. The molecule has 0 spiro atoms. The number of quaternary nitrogens is 1. The number of esters is 1. The van der Waals surface area contributed by atoms with Crippen LogP contribution in [0.3, 0.4) is 0 Å². The third kappa shape index (κ3) is 4.92. The van der Waals surface area contributed by atoms with E-state index < -0.39 is 31.9 Å². The maximum atomic E-state index is 13.1. The van der Waals surface area contributed by atoms with E-state index in [2.05, 4.69) is 70.0 Å². The van der Waals surface area contributed by atoms with Crippen molar-refractivity contribution in [1.82, 2.24) is 0 Å². The Kier molecular flexibility index (Phi) is 8.04. The number of carbonyl (C=O) groups excluding carboxylic acids is 1. The Morgan fingerprint density at radius 2 is 1.61 bits per heavy atom. The first kappa shape index (κ1) is 27.8. The zero-order valence-corrected chi connectivity index (χ0v) is 21.9. The Bertz CT molecular complexity index is 888. The lowest BCUT2D eigenvalue weighted by Gasteiger charge is -2.41. The molecular formula is C19H32F3NO5SSi2. The van der Waals surface area contributed by atoms with Crippen LogP contribution in [0.4, 0.5) is 13.2 Å². The minimum absolute atomic E-state index is 0.0221. The highest BCUT2D eigenvalue weighted by atomic mass is 32.2. The average Bonchev–Trinajstić information content (AvgIpc) is 3.33. The molecule has 1 fully saturated rings. The number of rotatable bonds is 6. The minimum atomic E-state index is -6.09. The monoisotopic (exact) mass is 499 g/mol. The zero-order chi connectivity index (χ0) is 24.5. The van der Waals surface area contributed by atoms with Crippen LogP contribution in [0.2, 0.25) is 32.7 Å². The Morgan fingerprint density at radius 1 is 1.16 bits per heavy atom. The highest BCUT2D eigenvalue weighted by molar-refractivity contribution is 7.86. The van der Waals surface area contributed by atoms with Crippen molar-refractivity contribution >= 4 is 37.6 Å². The summed E-state index contributed by atoms with van der Waals surface area (Å²) in [7, 11) is -8.14. The van der Waals surface area contributed by atoms with Gasteiger partial charge in [-0.1, -0.05) is 55.5 Å². The molecule has 0 amide bonds. The molecule has 31 heavy (non-hydrogen) atoms. The van der Waals surface area contributed by atoms with Crippen LogP contribution < -0.4 is 5.19 Å².